The number of hydrogen-bond donors (Lipinski definition) is 2. The third-order valence-corrected chi connectivity index (χ3v) is 7.39. The Bertz CT molecular complexity index is 1220. The fourth-order valence-corrected chi connectivity index (χ4v) is 5.72. The summed E-state index contributed by atoms with van der Waals surface area (Å²) in [6.45, 7) is 5.57. The number of ether oxygens (including phenoxy) is 2. The Kier molecular flexibility index (Phi) is 8.25. The van der Waals surface area contributed by atoms with Crippen LogP contribution in [0.4, 0.5) is 5.82 Å². The Balaban J connectivity index is 1.47. The second-order valence-electron chi connectivity index (χ2n) is 8.83. The average molecular weight is 518 g/mol. The Hall–Kier alpha value is -2.98. The maximum atomic E-state index is 13.8. The van der Waals surface area contributed by atoms with E-state index in [1.807, 2.05) is 32.0 Å². The summed E-state index contributed by atoms with van der Waals surface area (Å²) in [5.74, 6) is -0.00146. The minimum atomic E-state index is -3.98. The first-order valence-corrected chi connectivity index (χ1v) is 13.5. The molecule has 1 saturated heterocycles. The summed E-state index contributed by atoms with van der Waals surface area (Å²) < 4.78 is 38.5. The highest BCUT2D eigenvalue weighted by Gasteiger charge is 2.38. The normalized spacial score (nSPS) is 20.3. The van der Waals surface area contributed by atoms with E-state index in [1.165, 1.54) is 6.33 Å². The van der Waals surface area contributed by atoms with Crippen LogP contribution in [0.3, 0.4) is 0 Å². The molecule has 1 aliphatic rings. The van der Waals surface area contributed by atoms with E-state index in [0.29, 0.717) is 23.5 Å². The van der Waals surface area contributed by atoms with Crippen molar-refractivity contribution in [1.82, 2.24) is 19.7 Å². The number of aromatic nitrogens is 3. The van der Waals surface area contributed by atoms with E-state index in [9.17, 15) is 9.36 Å². The summed E-state index contributed by atoms with van der Waals surface area (Å²) in [5.41, 5.74) is 7.50. The molecule has 3 aromatic rings. The maximum absolute atomic E-state index is 13.8. The molecule has 1 fully saturated rings. The molecule has 0 saturated carbocycles. The van der Waals surface area contributed by atoms with E-state index in [2.05, 4.69) is 15.2 Å². The molecule has 2 aromatic heterocycles. The van der Waals surface area contributed by atoms with Gasteiger partial charge in [0.1, 0.15) is 29.7 Å². The summed E-state index contributed by atoms with van der Waals surface area (Å²) in [7, 11) is -3.98. The fraction of sp³-hybridized carbons (Fsp3) is 0.458. The molecular weight excluding hydrogens is 485 g/mol. The van der Waals surface area contributed by atoms with E-state index in [4.69, 9.17) is 24.3 Å². The number of nitrogen functional groups attached to an aromatic ring is 1. The van der Waals surface area contributed by atoms with Gasteiger partial charge in [0, 0.05) is 0 Å². The predicted octanol–water partition coefficient (Wildman–Crippen LogP) is 3.91. The van der Waals surface area contributed by atoms with Crippen molar-refractivity contribution < 1.29 is 27.9 Å². The van der Waals surface area contributed by atoms with Gasteiger partial charge in [0.05, 0.1) is 25.0 Å². The molecular formula is C24H32N5O6P. The molecule has 194 valence electrons. The van der Waals surface area contributed by atoms with Crippen LogP contribution in [-0.2, 0) is 23.4 Å². The van der Waals surface area contributed by atoms with Gasteiger partial charge in [0.2, 0.25) is 0 Å². The Morgan fingerprint density at radius 2 is 2.03 bits per heavy atom. The first-order chi connectivity index (χ1) is 17.3. The number of nitrogens with zero attached hydrogens (tertiary/aromatic N) is 3. The summed E-state index contributed by atoms with van der Waals surface area (Å²) >= 11 is 0. The molecule has 1 aromatic carbocycles. The van der Waals surface area contributed by atoms with Crippen molar-refractivity contribution >= 4 is 25.1 Å². The predicted molar refractivity (Wildman–Crippen MR) is 133 cm³/mol. The van der Waals surface area contributed by atoms with E-state index in [1.54, 1.807) is 35.7 Å². The minimum Gasteiger partial charge on any atom is -0.465 e. The number of anilines is 1. The van der Waals surface area contributed by atoms with Gasteiger partial charge < -0.3 is 19.7 Å². The van der Waals surface area contributed by atoms with Crippen LogP contribution in [0.5, 0.6) is 5.75 Å². The quantitative estimate of drug-likeness (QED) is 0.284. The average Bonchev–Trinajstić information content (AvgIpc) is 3.50. The van der Waals surface area contributed by atoms with Crippen molar-refractivity contribution in [2.45, 2.75) is 51.9 Å². The molecule has 0 radical (unpaired) electrons. The van der Waals surface area contributed by atoms with Crippen LogP contribution in [0.15, 0.2) is 48.8 Å². The number of carbonyl (C=O) groups excluding carboxylic acids is 1. The second-order valence-corrected chi connectivity index (χ2v) is 10.5. The molecule has 4 unspecified atom stereocenters. The van der Waals surface area contributed by atoms with Crippen molar-refractivity contribution in [2.24, 2.45) is 5.92 Å². The Morgan fingerprint density at radius 1 is 1.25 bits per heavy atom. The highest BCUT2D eigenvalue weighted by atomic mass is 31.2. The molecule has 3 heterocycles. The third-order valence-electron chi connectivity index (χ3n) is 5.85. The Morgan fingerprint density at radius 3 is 2.75 bits per heavy atom. The van der Waals surface area contributed by atoms with Crippen LogP contribution >= 0.6 is 7.75 Å². The summed E-state index contributed by atoms with van der Waals surface area (Å²) in [6.07, 6.45) is 2.22. The van der Waals surface area contributed by atoms with Gasteiger partial charge in [-0.05, 0) is 49.9 Å². The lowest BCUT2D eigenvalue weighted by Gasteiger charge is -2.27. The number of rotatable bonds is 11. The van der Waals surface area contributed by atoms with Crippen LogP contribution in [0.1, 0.15) is 45.4 Å². The van der Waals surface area contributed by atoms with Gasteiger partial charge in [-0.15, -0.1) is 0 Å². The van der Waals surface area contributed by atoms with Gasteiger partial charge in [-0.25, -0.2) is 14.1 Å². The molecule has 0 amide bonds. The molecule has 12 heteroatoms. The lowest BCUT2D eigenvalue weighted by molar-refractivity contribution is -0.146. The van der Waals surface area contributed by atoms with Crippen LogP contribution in [-0.4, -0.2) is 45.9 Å². The van der Waals surface area contributed by atoms with Crippen LogP contribution in [0, 0.1) is 5.92 Å². The monoisotopic (exact) mass is 517 g/mol. The highest BCUT2D eigenvalue weighted by Crippen LogP contribution is 2.46. The van der Waals surface area contributed by atoms with Crippen LogP contribution in [0.25, 0.3) is 5.52 Å². The fourth-order valence-electron chi connectivity index (χ4n) is 4.03. The van der Waals surface area contributed by atoms with Crippen molar-refractivity contribution in [3.63, 3.8) is 0 Å². The van der Waals surface area contributed by atoms with E-state index in [-0.39, 0.29) is 31.3 Å². The molecule has 11 nitrogen and oxygen atoms in total. The number of esters is 1. The summed E-state index contributed by atoms with van der Waals surface area (Å²) in [5, 5.41) is 7.08. The largest absolute Gasteiger partial charge is 0.465 e. The number of carbonyl (C=O) groups is 1. The maximum Gasteiger partial charge on any atom is 0.459 e. The molecule has 0 bridgehead atoms. The summed E-state index contributed by atoms with van der Waals surface area (Å²) in [4.78, 5) is 16.5. The van der Waals surface area contributed by atoms with Crippen LogP contribution in [0.2, 0.25) is 0 Å². The van der Waals surface area contributed by atoms with Gasteiger partial charge in [-0.3, -0.25) is 9.32 Å². The lowest BCUT2D eigenvalue weighted by atomic mass is 10.1. The third kappa shape index (κ3) is 6.04. The zero-order chi connectivity index (χ0) is 25.7. The van der Waals surface area contributed by atoms with E-state index >= 15 is 0 Å². The summed E-state index contributed by atoms with van der Waals surface area (Å²) in [6, 6.07) is 11.5. The molecule has 0 aliphatic carbocycles. The van der Waals surface area contributed by atoms with Gasteiger partial charge in [0.15, 0.2) is 5.82 Å². The topological polar surface area (TPSA) is 139 Å². The van der Waals surface area contributed by atoms with Gasteiger partial charge >= 0.3 is 13.7 Å². The molecule has 3 N–H and O–H groups in total. The van der Waals surface area contributed by atoms with E-state index < -0.39 is 19.8 Å². The van der Waals surface area contributed by atoms with E-state index in [0.717, 1.165) is 12.1 Å². The lowest BCUT2D eigenvalue weighted by Crippen LogP contribution is -2.41. The molecule has 1 aliphatic heterocycles. The number of nitrogens with one attached hydrogen (secondary N) is 1. The van der Waals surface area contributed by atoms with Crippen molar-refractivity contribution in [1.29, 1.82) is 0 Å². The molecule has 4 rings (SSSR count). The highest BCUT2D eigenvalue weighted by molar-refractivity contribution is 7.52. The van der Waals surface area contributed by atoms with Crippen molar-refractivity contribution in [3.05, 3.63) is 54.5 Å². The molecule has 4 atom stereocenters. The number of benzene rings is 1. The number of fused-ring (bicyclic) bond motifs is 1. The van der Waals surface area contributed by atoms with Gasteiger partial charge in [0.25, 0.3) is 0 Å². The minimum absolute atomic E-state index is 0.00167. The van der Waals surface area contributed by atoms with Crippen LogP contribution < -0.4 is 15.3 Å². The zero-order valence-electron chi connectivity index (χ0n) is 20.6. The van der Waals surface area contributed by atoms with Crippen molar-refractivity contribution in [3.8, 4) is 5.75 Å². The number of para-hydroxylation sites is 1. The van der Waals surface area contributed by atoms with Crippen molar-refractivity contribution in [2.75, 3.05) is 18.9 Å². The van der Waals surface area contributed by atoms with Gasteiger partial charge in [-0.2, -0.15) is 10.2 Å². The van der Waals surface area contributed by atoms with Gasteiger partial charge in [-0.1, -0.05) is 32.0 Å². The number of hydrogen-bond acceptors (Lipinski definition) is 9. The Labute approximate surface area is 209 Å². The molecule has 36 heavy (non-hydrogen) atoms. The first-order valence-electron chi connectivity index (χ1n) is 12.0. The number of nitrogens with two attached hydrogens (primary N) is 1. The standard InChI is InChI=1S/C24H32N5O6P/c1-4-32-24(30)22(16(2)3)28-36(31,35-17-8-6-5-7-9-17)33-14-18-10-13-21(34-18)19-11-12-20-23(25)26-15-27-29(19)20/h5-9,11-12,15-16,18,21-22H,4,10,13-14H2,1-3H3,(H,28,31)(H2,25,26,27). The molecule has 0 spiro atoms. The SMILES string of the molecule is CCOC(=O)C(NP(=O)(OCC1CCC(c2ccc3c(N)ncnn23)O1)Oc1ccccc1)C(C)C. The first kappa shape index (κ1) is 26.1. The smallest absolute Gasteiger partial charge is 0.459 e. The second kappa shape index (κ2) is 11.4. The zero-order valence-corrected chi connectivity index (χ0v) is 21.5.